The fraction of sp³-hybridized carbons (Fsp3) is 0.316. The van der Waals surface area contributed by atoms with Gasteiger partial charge in [0.15, 0.2) is 11.2 Å². The van der Waals surface area contributed by atoms with Gasteiger partial charge in [-0.2, -0.15) is 0 Å². The summed E-state index contributed by atoms with van der Waals surface area (Å²) in [7, 11) is 0. The number of carbonyl (C=O) groups excluding carboxylic acids is 2. The second-order valence-electron chi connectivity index (χ2n) is 12.6. The predicted octanol–water partition coefficient (Wildman–Crippen LogP) is 6.58. The van der Waals surface area contributed by atoms with Gasteiger partial charge in [0.2, 0.25) is 0 Å². The van der Waals surface area contributed by atoms with Crippen LogP contribution in [0, 0.1) is 34.1 Å². The van der Waals surface area contributed by atoms with E-state index in [-0.39, 0.29) is 24.6 Å². The molecule has 0 radical (unpaired) electrons. The molecule has 0 spiro atoms. The van der Waals surface area contributed by atoms with Crippen molar-refractivity contribution < 1.29 is 48.6 Å². The maximum Gasteiger partial charge on any atom is 0.272 e. The second-order valence-corrected chi connectivity index (χ2v) is 13.3. The van der Waals surface area contributed by atoms with Crippen molar-refractivity contribution in [2.24, 2.45) is 0 Å². The summed E-state index contributed by atoms with van der Waals surface area (Å²) in [5, 5.41) is 47.6. The van der Waals surface area contributed by atoms with Gasteiger partial charge in [0.05, 0.1) is 21.6 Å². The van der Waals surface area contributed by atoms with Crippen LogP contribution in [0.5, 0.6) is 23.0 Å². The van der Waals surface area contributed by atoms with Crippen LogP contribution in [-0.4, -0.2) is 81.3 Å². The number of benzene rings is 4. The third kappa shape index (κ3) is 13.9. The summed E-state index contributed by atoms with van der Waals surface area (Å²) in [5.74, 6) is 1.55. The Morgan fingerprint density at radius 1 is 0.607 bits per heavy atom. The van der Waals surface area contributed by atoms with Crippen LogP contribution in [0.25, 0.3) is 0 Å². The van der Waals surface area contributed by atoms with Gasteiger partial charge >= 0.3 is 0 Å². The van der Waals surface area contributed by atoms with Crippen LogP contribution in [0.15, 0.2) is 84.9 Å². The predicted molar refractivity (Wildman–Crippen MR) is 210 cm³/mol. The van der Waals surface area contributed by atoms with E-state index in [1.54, 1.807) is 62.4 Å². The van der Waals surface area contributed by atoms with Crippen LogP contribution < -0.4 is 29.6 Å². The van der Waals surface area contributed by atoms with Crippen LogP contribution in [-0.2, 0) is 9.59 Å². The van der Waals surface area contributed by atoms with E-state index in [2.05, 4.69) is 10.6 Å². The highest BCUT2D eigenvalue weighted by atomic mass is 35.5. The number of hydrogen-bond acceptors (Lipinski definition) is 12. The number of aryl methyl sites for hydroxylation is 2. The van der Waals surface area contributed by atoms with Crippen LogP contribution in [0.4, 0.5) is 22.7 Å². The Bertz CT molecular complexity index is 1820. The molecule has 18 heteroatoms. The highest BCUT2D eigenvalue weighted by molar-refractivity contribution is 6.18. The van der Waals surface area contributed by atoms with Crippen molar-refractivity contribution in [1.29, 1.82) is 0 Å². The van der Waals surface area contributed by atoms with Crippen molar-refractivity contribution in [3.63, 3.8) is 0 Å². The molecule has 2 atom stereocenters. The standard InChI is InChI=1S/2C19H21ClN2O6/c2*1-13-11-14(3-8-17(13)22(25)26)21-18(23)19(2,24)12-28-16-6-4-15(5-7-16)27-10-9-20/h2*3-8,11,24H,9-10,12H2,1-2H3,(H,21,23). The molecule has 0 bridgehead atoms. The van der Waals surface area contributed by atoms with E-state index in [1.165, 1.54) is 50.2 Å². The lowest BCUT2D eigenvalue weighted by Gasteiger charge is -2.22. The van der Waals surface area contributed by atoms with Crippen molar-refractivity contribution in [3.8, 4) is 23.0 Å². The maximum absolute atomic E-state index is 12.4. The van der Waals surface area contributed by atoms with E-state index in [9.17, 15) is 40.0 Å². The Morgan fingerprint density at radius 2 is 0.911 bits per heavy atom. The van der Waals surface area contributed by atoms with Gasteiger partial charge in [0.1, 0.15) is 49.4 Å². The number of nitrogens with zero attached hydrogens (tertiary/aromatic N) is 2. The summed E-state index contributed by atoms with van der Waals surface area (Å²) < 4.78 is 21.7. The maximum atomic E-state index is 12.4. The molecule has 0 fully saturated rings. The van der Waals surface area contributed by atoms with Crippen LogP contribution in [0.2, 0.25) is 0 Å². The number of nitrogens with one attached hydrogen (secondary N) is 2. The molecule has 0 heterocycles. The zero-order chi connectivity index (χ0) is 41.5. The van der Waals surface area contributed by atoms with E-state index < -0.39 is 32.9 Å². The minimum absolute atomic E-state index is 0.0495. The molecule has 2 unspecified atom stereocenters. The Balaban J connectivity index is 0.000000300. The van der Waals surface area contributed by atoms with Gasteiger partial charge in [-0.05, 0) is 100 Å². The lowest BCUT2D eigenvalue weighted by molar-refractivity contribution is -0.385. The number of amides is 2. The van der Waals surface area contributed by atoms with Gasteiger partial charge in [-0.15, -0.1) is 23.2 Å². The molecule has 4 aromatic rings. The molecule has 0 aliphatic carbocycles. The van der Waals surface area contributed by atoms with E-state index in [0.717, 1.165) is 0 Å². The van der Waals surface area contributed by atoms with Crippen LogP contribution in [0.3, 0.4) is 0 Å². The molecule has 2 amide bonds. The number of halogens is 2. The van der Waals surface area contributed by atoms with Crippen LogP contribution in [0.1, 0.15) is 25.0 Å². The van der Waals surface area contributed by atoms with Gasteiger partial charge in [0.25, 0.3) is 23.2 Å². The minimum Gasteiger partial charge on any atom is -0.492 e. The first-order valence-electron chi connectivity index (χ1n) is 16.9. The van der Waals surface area contributed by atoms with Crippen molar-refractivity contribution in [3.05, 3.63) is 116 Å². The lowest BCUT2D eigenvalue weighted by atomic mass is 10.1. The van der Waals surface area contributed by atoms with Gasteiger partial charge in [-0.25, -0.2) is 0 Å². The number of carbonyl (C=O) groups is 2. The summed E-state index contributed by atoms with van der Waals surface area (Å²) in [5.41, 5.74) is -2.25. The monoisotopic (exact) mass is 816 g/mol. The first-order valence-corrected chi connectivity index (χ1v) is 17.9. The zero-order valence-corrected chi connectivity index (χ0v) is 32.5. The van der Waals surface area contributed by atoms with E-state index in [4.69, 9.17) is 42.1 Å². The highest BCUT2D eigenvalue weighted by Crippen LogP contribution is 2.25. The molecule has 0 saturated carbocycles. The molecule has 4 aromatic carbocycles. The Hall–Kier alpha value is -5.68. The largest absolute Gasteiger partial charge is 0.492 e. The molecule has 0 aromatic heterocycles. The topological polar surface area (TPSA) is 222 Å². The summed E-state index contributed by atoms with van der Waals surface area (Å²) in [4.78, 5) is 45.4. The molecule has 300 valence electrons. The average molecular weight is 818 g/mol. The SMILES string of the molecule is Cc1cc(NC(=O)C(C)(O)COc2ccc(OCCCl)cc2)ccc1[N+](=O)[O-].Cc1cc(NC(=O)C(C)(O)COc2ccc(OCCCl)cc2)ccc1[N+](=O)[O-]. The van der Waals surface area contributed by atoms with Gasteiger partial charge < -0.3 is 39.8 Å². The average Bonchev–Trinajstić information content (AvgIpc) is 3.15. The molecule has 16 nitrogen and oxygen atoms in total. The fourth-order valence-electron chi connectivity index (χ4n) is 4.56. The molecular weight excluding hydrogens is 775 g/mol. The number of aliphatic hydroxyl groups is 2. The number of alkyl halides is 2. The fourth-order valence-corrected chi connectivity index (χ4v) is 4.72. The number of nitro groups is 2. The minimum atomic E-state index is -1.82. The number of rotatable bonds is 18. The summed E-state index contributed by atoms with van der Waals surface area (Å²) in [6, 6.07) is 21.7. The quantitative estimate of drug-likeness (QED) is 0.0475. The third-order valence-corrected chi connectivity index (χ3v) is 7.97. The summed E-state index contributed by atoms with van der Waals surface area (Å²) in [6.45, 7) is 5.97. The third-order valence-electron chi connectivity index (χ3n) is 7.66. The van der Waals surface area contributed by atoms with E-state index in [1.807, 2.05) is 0 Å². The van der Waals surface area contributed by atoms with Crippen molar-refractivity contribution in [2.75, 3.05) is 48.8 Å². The molecule has 0 aliphatic heterocycles. The lowest BCUT2D eigenvalue weighted by Crippen LogP contribution is -2.45. The van der Waals surface area contributed by atoms with Gasteiger partial charge in [-0.1, -0.05) is 0 Å². The molecule has 4 N–H and O–H groups in total. The number of nitro benzene ring substituents is 2. The normalized spacial score (nSPS) is 12.7. The van der Waals surface area contributed by atoms with Crippen molar-refractivity contribution >= 4 is 57.8 Å². The number of anilines is 2. The second kappa shape index (κ2) is 20.8. The Morgan fingerprint density at radius 3 is 1.18 bits per heavy atom. The van der Waals surface area contributed by atoms with Gasteiger partial charge in [-0.3, -0.25) is 29.8 Å². The van der Waals surface area contributed by atoms with Crippen molar-refractivity contribution in [2.45, 2.75) is 38.9 Å². The summed E-state index contributed by atoms with van der Waals surface area (Å²) in [6.07, 6.45) is 0. The van der Waals surface area contributed by atoms with E-state index >= 15 is 0 Å². The number of hydrogen-bond donors (Lipinski definition) is 4. The molecule has 0 aliphatic rings. The summed E-state index contributed by atoms with van der Waals surface area (Å²) >= 11 is 11.1. The Kier molecular flexibility index (Phi) is 16.6. The molecule has 4 rings (SSSR count). The smallest absolute Gasteiger partial charge is 0.272 e. The molecule has 56 heavy (non-hydrogen) atoms. The Labute approximate surface area is 332 Å². The first kappa shape index (κ1) is 44.7. The van der Waals surface area contributed by atoms with Crippen LogP contribution >= 0.6 is 23.2 Å². The van der Waals surface area contributed by atoms with Crippen molar-refractivity contribution in [1.82, 2.24) is 0 Å². The molecular formula is C38H42Cl2N4O12. The first-order chi connectivity index (χ1) is 26.4. The number of ether oxygens (including phenoxy) is 4. The molecule has 0 saturated heterocycles. The van der Waals surface area contributed by atoms with E-state index in [0.29, 0.717) is 70.5 Å². The van der Waals surface area contributed by atoms with Gasteiger partial charge in [0, 0.05) is 34.6 Å². The zero-order valence-electron chi connectivity index (χ0n) is 31.0. The highest BCUT2D eigenvalue weighted by Gasteiger charge is 2.33.